The second-order valence-electron chi connectivity index (χ2n) is 5.40. The van der Waals surface area contributed by atoms with Crippen LogP contribution in [-0.4, -0.2) is 42.5 Å². The monoisotopic (exact) mass is 357 g/mol. The molecule has 2 heterocycles. The van der Waals surface area contributed by atoms with Gasteiger partial charge in [-0.05, 0) is 19.1 Å². The summed E-state index contributed by atoms with van der Waals surface area (Å²) in [6.45, 7) is 2.92. The summed E-state index contributed by atoms with van der Waals surface area (Å²) in [5, 5.41) is 13.0. The highest BCUT2D eigenvalue weighted by molar-refractivity contribution is 6.47. The number of hydrogen-bond donors (Lipinski definition) is 4. The number of allylic oxidation sites excluding steroid dienone is 1. The van der Waals surface area contributed by atoms with E-state index in [1.54, 1.807) is 6.07 Å². The molecule has 136 valence electrons. The highest BCUT2D eigenvalue weighted by atomic mass is 19.4. The number of rotatable bonds is 4. The number of anilines is 1. The van der Waals surface area contributed by atoms with Crippen molar-refractivity contribution in [3.05, 3.63) is 35.3 Å². The van der Waals surface area contributed by atoms with Crippen molar-refractivity contribution in [2.24, 2.45) is 5.73 Å². The molecule has 1 fully saturated rings. The van der Waals surface area contributed by atoms with Gasteiger partial charge >= 0.3 is 6.18 Å². The van der Waals surface area contributed by atoms with Crippen LogP contribution in [0, 0.1) is 5.41 Å². The van der Waals surface area contributed by atoms with Crippen LogP contribution >= 0.6 is 0 Å². The number of amides is 1. The molecule has 1 aromatic heterocycles. The van der Waals surface area contributed by atoms with E-state index in [-0.39, 0.29) is 11.8 Å². The molecule has 0 aliphatic carbocycles. The number of hydrogen-bond acceptors (Lipinski definition) is 6. The zero-order chi connectivity index (χ0) is 18.6. The van der Waals surface area contributed by atoms with Gasteiger partial charge in [0.1, 0.15) is 17.5 Å². The Kier molecular flexibility index (Phi) is 5.75. The number of carbonyl (C=O) groups is 1. The SMILES string of the molecule is CC(C(=N)C(=O)Nc1ccc([C@H]2CNCCO2)nc1)=C(N)C(F)(F)F. The Bertz CT molecular complexity index is 679. The molecule has 1 amide bonds. The van der Waals surface area contributed by atoms with Gasteiger partial charge in [0.15, 0.2) is 0 Å². The first-order chi connectivity index (χ1) is 11.7. The molecule has 0 aromatic carbocycles. The molecule has 1 atom stereocenters. The van der Waals surface area contributed by atoms with Crippen LogP contribution < -0.4 is 16.4 Å². The molecule has 0 saturated carbocycles. The van der Waals surface area contributed by atoms with Crippen molar-refractivity contribution in [1.82, 2.24) is 10.3 Å². The third-order valence-electron chi connectivity index (χ3n) is 3.61. The van der Waals surface area contributed by atoms with Crippen molar-refractivity contribution in [2.75, 3.05) is 25.0 Å². The normalized spacial score (nSPS) is 19.1. The van der Waals surface area contributed by atoms with E-state index in [4.69, 9.17) is 15.9 Å². The Morgan fingerprint density at radius 1 is 1.48 bits per heavy atom. The van der Waals surface area contributed by atoms with Crippen LogP contribution in [0.4, 0.5) is 18.9 Å². The molecular weight excluding hydrogens is 339 g/mol. The number of morpholine rings is 1. The fraction of sp³-hybridized carbons (Fsp3) is 0.400. The summed E-state index contributed by atoms with van der Waals surface area (Å²) >= 11 is 0. The Morgan fingerprint density at radius 2 is 2.20 bits per heavy atom. The van der Waals surface area contributed by atoms with E-state index >= 15 is 0 Å². The lowest BCUT2D eigenvalue weighted by Crippen LogP contribution is -2.33. The molecule has 0 bridgehead atoms. The maximum Gasteiger partial charge on any atom is 0.431 e. The molecule has 25 heavy (non-hydrogen) atoms. The molecular formula is C15H18F3N5O2. The van der Waals surface area contributed by atoms with Gasteiger partial charge in [-0.1, -0.05) is 0 Å². The fourth-order valence-electron chi connectivity index (χ4n) is 2.14. The van der Waals surface area contributed by atoms with Crippen LogP contribution in [0.15, 0.2) is 29.6 Å². The third kappa shape index (κ3) is 4.77. The molecule has 1 aromatic rings. The van der Waals surface area contributed by atoms with E-state index in [0.717, 1.165) is 13.5 Å². The number of aromatic nitrogens is 1. The number of alkyl halides is 3. The molecule has 0 spiro atoms. The van der Waals surface area contributed by atoms with Gasteiger partial charge in [0.25, 0.3) is 5.91 Å². The lowest BCUT2D eigenvalue weighted by atomic mass is 10.1. The minimum atomic E-state index is -4.80. The van der Waals surface area contributed by atoms with Gasteiger partial charge in [-0.2, -0.15) is 13.2 Å². The molecule has 1 aliphatic heterocycles. The molecule has 2 rings (SSSR count). The maximum absolute atomic E-state index is 12.5. The number of nitrogens with zero attached hydrogens (tertiary/aromatic N) is 1. The van der Waals surface area contributed by atoms with Crippen LogP contribution in [0.1, 0.15) is 18.7 Å². The maximum atomic E-state index is 12.5. The highest BCUT2D eigenvalue weighted by Gasteiger charge is 2.34. The standard InChI is InChI=1S/C15H18F3N5O2/c1-8(13(20)15(16,17)18)12(19)14(24)23-9-2-3-10(22-6-9)11-7-21-4-5-25-11/h2-3,6,11,19,21H,4-5,7,20H2,1H3,(H,23,24)/t11-/m1/s1. The van der Waals surface area contributed by atoms with Gasteiger partial charge in [-0.15, -0.1) is 0 Å². The molecule has 1 aliphatic rings. The predicted molar refractivity (Wildman–Crippen MR) is 85.1 cm³/mol. The summed E-state index contributed by atoms with van der Waals surface area (Å²) in [5.74, 6) is -1.00. The molecule has 5 N–H and O–H groups in total. The summed E-state index contributed by atoms with van der Waals surface area (Å²) in [5.41, 5.74) is 2.87. The van der Waals surface area contributed by atoms with E-state index in [9.17, 15) is 18.0 Å². The number of nitrogens with two attached hydrogens (primary N) is 1. The highest BCUT2D eigenvalue weighted by Crippen LogP contribution is 2.24. The van der Waals surface area contributed by atoms with E-state index in [1.807, 2.05) is 0 Å². The van der Waals surface area contributed by atoms with Gasteiger partial charge in [0.2, 0.25) is 0 Å². The smallest absolute Gasteiger partial charge is 0.394 e. The Hall–Kier alpha value is -2.46. The van der Waals surface area contributed by atoms with Gasteiger partial charge in [-0.25, -0.2) is 0 Å². The number of nitrogens with one attached hydrogen (secondary N) is 3. The molecule has 0 radical (unpaired) electrons. The lowest BCUT2D eigenvalue weighted by molar-refractivity contribution is -0.110. The minimum Gasteiger partial charge on any atom is -0.394 e. The third-order valence-corrected chi connectivity index (χ3v) is 3.61. The average Bonchev–Trinajstić information content (AvgIpc) is 2.60. The predicted octanol–water partition coefficient (Wildman–Crippen LogP) is 1.50. The van der Waals surface area contributed by atoms with Gasteiger partial charge in [-0.3, -0.25) is 15.2 Å². The van der Waals surface area contributed by atoms with Gasteiger partial charge in [0, 0.05) is 18.7 Å². The van der Waals surface area contributed by atoms with Crippen molar-refractivity contribution in [1.29, 1.82) is 5.41 Å². The van der Waals surface area contributed by atoms with Crippen LogP contribution in [0.25, 0.3) is 0 Å². The average molecular weight is 357 g/mol. The Labute approximate surface area is 142 Å². The fourth-order valence-corrected chi connectivity index (χ4v) is 2.14. The van der Waals surface area contributed by atoms with Crippen molar-refractivity contribution in [3.8, 4) is 0 Å². The molecule has 10 heteroatoms. The summed E-state index contributed by atoms with van der Waals surface area (Å²) in [4.78, 5) is 16.1. The molecule has 1 saturated heterocycles. The van der Waals surface area contributed by atoms with Crippen LogP contribution in [0.5, 0.6) is 0 Å². The van der Waals surface area contributed by atoms with Crippen LogP contribution in [0.2, 0.25) is 0 Å². The number of pyridine rings is 1. The van der Waals surface area contributed by atoms with Crippen molar-refractivity contribution in [3.63, 3.8) is 0 Å². The quantitative estimate of drug-likeness (QED) is 0.610. The second-order valence-corrected chi connectivity index (χ2v) is 5.40. The van der Waals surface area contributed by atoms with E-state index in [2.05, 4.69) is 15.6 Å². The Morgan fingerprint density at radius 3 is 2.72 bits per heavy atom. The van der Waals surface area contributed by atoms with Crippen molar-refractivity contribution >= 4 is 17.3 Å². The molecule has 0 unspecified atom stereocenters. The van der Waals surface area contributed by atoms with Crippen LogP contribution in [0.3, 0.4) is 0 Å². The van der Waals surface area contributed by atoms with E-state index < -0.39 is 29.1 Å². The summed E-state index contributed by atoms with van der Waals surface area (Å²) in [6.07, 6.45) is -3.65. The Balaban J connectivity index is 2.04. The number of ether oxygens (including phenoxy) is 1. The molecule has 7 nitrogen and oxygen atoms in total. The van der Waals surface area contributed by atoms with E-state index in [1.165, 1.54) is 12.3 Å². The minimum absolute atomic E-state index is 0.200. The zero-order valence-corrected chi connectivity index (χ0v) is 13.4. The summed E-state index contributed by atoms with van der Waals surface area (Å²) in [7, 11) is 0. The topological polar surface area (TPSA) is 113 Å². The number of carbonyl (C=O) groups excluding carboxylic acids is 1. The first-order valence-corrected chi connectivity index (χ1v) is 7.42. The number of halogens is 3. The van der Waals surface area contributed by atoms with Crippen molar-refractivity contribution < 1.29 is 22.7 Å². The summed E-state index contributed by atoms with van der Waals surface area (Å²) in [6, 6.07) is 3.18. The van der Waals surface area contributed by atoms with Gasteiger partial charge < -0.3 is 21.1 Å². The second kappa shape index (κ2) is 7.62. The van der Waals surface area contributed by atoms with E-state index in [0.29, 0.717) is 18.8 Å². The first-order valence-electron chi connectivity index (χ1n) is 7.42. The largest absolute Gasteiger partial charge is 0.431 e. The first kappa shape index (κ1) is 18.9. The zero-order valence-electron chi connectivity index (χ0n) is 13.4. The van der Waals surface area contributed by atoms with Crippen molar-refractivity contribution in [2.45, 2.75) is 19.2 Å². The summed E-state index contributed by atoms with van der Waals surface area (Å²) < 4.78 is 43.1. The van der Waals surface area contributed by atoms with Crippen LogP contribution in [-0.2, 0) is 9.53 Å². The van der Waals surface area contributed by atoms with Gasteiger partial charge in [0.05, 0.1) is 24.2 Å². The lowest BCUT2D eigenvalue weighted by Gasteiger charge is -2.23.